The first-order valence-corrected chi connectivity index (χ1v) is 13.1. The maximum absolute atomic E-state index is 12.6. The van der Waals surface area contributed by atoms with Crippen LogP contribution in [0.15, 0.2) is 76.1 Å². The van der Waals surface area contributed by atoms with Crippen LogP contribution >= 0.6 is 50.9 Å². The van der Waals surface area contributed by atoms with Gasteiger partial charge in [-0.25, -0.2) is 8.42 Å². The molecule has 3 rings (SSSR count). The van der Waals surface area contributed by atoms with Gasteiger partial charge in [-0.3, -0.25) is 9.52 Å². The van der Waals surface area contributed by atoms with Crippen molar-refractivity contribution >= 4 is 78.2 Å². The highest BCUT2D eigenvalue weighted by Crippen LogP contribution is 2.31. The van der Waals surface area contributed by atoms with E-state index in [9.17, 15) is 13.2 Å². The standard InChI is InChI=1S/C21H17BrCl2N2O3S2/c22-15-4-1-3-14(11-15)12-30-13-20(27)25-16-7-9-17(10-8-16)31(28,29)26-19-6-2-5-18(23)21(19)24/h1-11,26H,12-13H2,(H,25,27). The van der Waals surface area contributed by atoms with Gasteiger partial charge in [-0.2, -0.15) is 0 Å². The number of anilines is 2. The Balaban J connectivity index is 1.56. The second kappa shape index (κ2) is 10.7. The Labute approximate surface area is 203 Å². The van der Waals surface area contributed by atoms with Crippen molar-refractivity contribution in [1.29, 1.82) is 0 Å². The van der Waals surface area contributed by atoms with Crippen LogP contribution in [0.2, 0.25) is 10.0 Å². The third kappa shape index (κ3) is 6.89. The van der Waals surface area contributed by atoms with Crippen LogP contribution in [0.1, 0.15) is 5.56 Å². The van der Waals surface area contributed by atoms with Gasteiger partial charge < -0.3 is 5.32 Å². The average molecular weight is 560 g/mol. The summed E-state index contributed by atoms with van der Waals surface area (Å²) in [7, 11) is -3.86. The predicted molar refractivity (Wildman–Crippen MR) is 133 cm³/mol. The molecule has 0 saturated heterocycles. The molecule has 2 N–H and O–H groups in total. The second-order valence-electron chi connectivity index (χ2n) is 6.40. The molecule has 0 bridgehead atoms. The molecule has 0 aliphatic rings. The fourth-order valence-electron chi connectivity index (χ4n) is 2.59. The molecule has 162 valence electrons. The zero-order valence-corrected chi connectivity index (χ0v) is 20.7. The number of carbonyl (C=O) groups excluding carboxylic acids is 1. The van der Waals surface area contributed by atoms with E-state index in [1.165, 1.54) is 42.1 Å². The summed E-state index contributed by atoms with van der Waals surface area (Å²) in [5.74, 6) is 0.822. The molecule has 0 spiro atoms. The third-order valence-corrected chi connectivity index (χ3v) is 7.73. The molecule has 3 aromatic rings. The molecule has 0 heterocycles. The molecule has 0 atom stereocenters. The highest BCUT2D eigenvalue weighted by Gasteiger charge is 2.17. The maximum Gasteiger partial charge on any atom is 0.261 e. The fraction of sp³-hybridized carbons (Fsp3) is 0.0952. The molecule has 0 aromatic heterocycles. The van der Waals surface area contributed by atoms with Crippen molar-refractivity contribution in [3.05, 3.63) is 86.8 Å². The summed E-state index contributed by atoms with van der Waals surface area (Å²) < 4.78 is 28.6. The van der Waals surface area contributed by atoms with Gasteiger partial charge in [0.2, 0.25) is 5.91 Å². The lowest BCUT2D eigenvalue weighted by atomic mass is 10.2. The van der Waals surface area contributed by atoms with Gasteiger partial charge in [0.25, 0.3) is 10.0 Å². The molecule has 0 radical (unpaired) electrons. The topological polar surface area (TPSA) is 75.3 Å². The van der Waals surface area contributed by atoms with Crippen LogP contribution in [0, 0.1) is 0 Å². The third-order valence-electron chi connectivity index (χ3n) is 4.04. The van der Waals surface area contributed by atoms with Gasteiger partial charge in [-0.15, -0.1) is 11.8 Å². The van der Waals surface area contributed by atoms with E-state index in [0.29, 0.717) is 11.4 Å². The Morgan fingerprint density at radius 3 is 2.42 bits per heavy atom. The largest absolute Gasteiger partial charge is 0.325 e. The lowest BCUT2D eigenvalue weighted by Crippen LogP contribution is -2.15. The smallest absolute Gasteiger partial charge is 0.261 e. The number of thioether (sulfide) groups is 1. The Bertz CT molecular complexity index is 1190. The van der Waals surface area contributed by atoms with Crippen LogP contribution in [0.5, 0.6) is 0 Å². The normalized spacial score (nSPS) is 11.2. The van der Waals surface area contributed by atoms with Crippen LogP contribution in [-0.2, 0) is 20.6 Å². The summed E-state index contributed by atoms with van der Waals surface area (Å²) in [6, 6.07) is 18.5. The van der Waals surface area contributed by atoms with Crippen molar-refractivity contribution in [2.75, 3.05) is 15.8 Å². The second-order valence-corrected chi connectivity index (χ2v) is 10.8. The summed E-state index contributed by atoms with van der Waals surface area (Å²) in [6.45, 7) is 0. The van der Waals surface area contributed by atoms with Crippen molar-refractivity contribution < 1.29 is 13.2 Å². The van der Waals surface area contributed by atoms with Crippen molar-refractivity contribution in [2.45, 2.75) is 10.6 Å². The molecule has 1 amide bonds. The molecule has 0 fully saturated rings. The minimum atomic E-state index is -3.86. The molecular weight excluding hydrogens is 543 g/mol. The van der Waals surface area contributed by atoms with Crippen molar-refractivity contribution in [3.63, 3.8) is 0 Å². The Kier molecular flexibility index (Phi) is 8.30. The number of halogens is 3. The molecule has 10 heteroatoms. The van der Waals surface area contributed by atoms with Crippen LogP contribution in [-0.4, -0.2) is 20.1 Å². The Hall–Kier alpha value is -1.71. The quantitative estimate of drug-likeness (QED) is 0.333. The minimum Gasteiger partial charge on any atom is -0.325 e. The summed E-state index contributed by atoms with van der Waals surface area (Å²) in [4.78, 5) is 12.2. The SMILES string of the molecule is O=C(CSCc1cccc(Br)c1)Nc1ccc(S(=O)(=O)Nc2cccc(Cl)c2Cl)cc1. The molecule has 5 nitrogen and oxygen atoms in total. The molecule has 3 aromatic carbocycles. The van der Waals surface area contributed by atoms with E-state index in [0.717, 1.165) is 10.0 Å². The number of benzene rings is 3. The van der Waals surface area contributed by atoms with E-state index in [1.54, 1.807) is 12.1 Å². The van der Waals surface area contributed by atoms with Gasteiger partial charge in [0.15, 0.2) is 0 Å². The number of rotatable bonds is 8. The summed E-state index contributed by atoms with van der Waals surface area (Å²) in [5, 5.41) is 3.13. The molecule has 31 heavy (non-hydrogen) atoms. The average Bonchev–Trinajstić information content (AvgIpc) is 2.72. The number of hydrogen-bond acceptors (Lipinski definition) is 4. The van der Waals surface area contributed by atoms with Gasteiger partial charge in [0.05, 0.1) is 26.4 Å². The number of nitrogens with one attached hydrogen (secondary N) is 2. The maximum atomic E-state index is 12.6. The van der Waals surface area contributed by atoms with Crippen LogP contribution in [0.3, 0.4) is 0 Å². The van der Waals surface area contributed by atoms with Crippen molar-refractivity contribution in [1.82, 2.24) is 0 Å². The van der Waals surface area contributed by atoms with Gasteiger partial charge in [-0.1, -0.05) is 57.3 Å². The minimum absolute atomic E-state index is 0.0329. The highest BCUT2D eigenvalue weighted by molar-refractivity contribution is 9.10. The molecule has 0 unspecified atom stereocenters. The van der Waals surface area contributed by atoms with Crippen molar-refractivity contribution in [3.8, 4) is 0 Å². The van der Waals surface area contributed by atoms with Crippen molar-refractivity contribution in [2.24, 2.45) is 0 Å². The van der Waals surface area contributed by atoms with Crippen LogP contribution in [0.25, 0.3) is 0 Å². The predicted octanol–water partition coefficient (Wildman–Crippen LogP) is 6.43. The van der Waals surface area contributed by atoms with E-state index in [1.807, 2.05) is 24.3 Å². The van der Waals surface area contributed by atoms with Crippen LogP contribution in [0.4, 0.5) is 11.4 Å². The highest BCUT2D eigenvalue weighted by atomic mass is 79.9. The number of hydrogen-bond donors (Lipinski definition) is 2. The van der Waals surface area contributed by atoms with Gasteiger partial charge in [0, 0.05) is 15.9 Å². The van der Waals surface area contributed by atoms with E-state index in [2.05, 4.69) is 26.0 Å². The number of sulfonamides is 1. The molecule has 0 saturated carbocycles. The summed E-state index contributed by atoms with van der Waals surface area (Å²) >= 11 is 16.9. The first-order chi connectivity index (χ1) is 14.7. The van der Waals surface area contributed by atoms with E-state index in [4.69, 9.17) is 23.2 Å². The zero-order valence-electron chi connectivity index (χ0n) is 15.9. The Morgan fingerprint density at radius 1 is 1.00 bits per heavy atom. The van der Waals surface area contributed by atoms with E-state index in [-0.39, 0.29) is 32.3 Å². The molecule has 0 aliphatic carbocycles. The summed E-state index contributed by atoms with van der Waals surface area (Å²) in [5.41, 5.74) is 1.82. The van der Waals surface area contributed by atoms with Gasteiger partial charge >= 0.3 is 0 Å². The monoisotopic (exact) mass is 558 g/mol. The lowest BCUT2D eigenvalue weighted by Gasteiger charge is -2.11. The summed E-state index contributed by atoms with van der Waals surface area (Å²) in [6.07, 6.45) is 0. The Morgan fingerprint density at radius 2 is 1.71 bits per heavy atom. The lowest BCUT2D eigenvalue weighted by molar-refractivity contribution is -0.113. The van der Waals surface area contributed by atoms with Gasteiger partial charge in [-0.05, 0) is 54.1 Å². The first kappa shape index (κ1) is 23.9. The van der Waals surface area contributed by atoms with E-state index < -0.39 is 10.0 Å². The molecular formula is C21H17BrCl2N2O3S2. The molecule has 0 aliphatic heterocycles. The van der Waals surface area contributed by atoms with Crippen LogP contribution < -0.4 is 10.0 Å². The zero-order chi connectivity index (χ0) is 22.4. The fourth-order valence-corrected chi connectivity index (χ4v) is 5.29. The number of amides is 1. The number of carbonyl (C=O) groups is 1. The van der Waals surface area contributed by atoms with Gasteiger partial charge in [0.1, 0.15) is 0 Å². The van der Waals surface area contributed by atoms with E-state index >= 15 is 0 Å². The first-order valence-electron chi connectivity index (χ1n) is 8.93.